The van der Waals surface area contributed by atoms with Crippen molar-refractivity contribution >= 4 is 20.1 Å². The lowest BCUT2D eigenvalue weighted by Gasteiger charge is -2.11. The van der Waals surface area contributed by atoms with Gasteiger partial charge in [0.25, 0.3) is 10.1 Å². The van der Waals surface area contributed by atoms with Crippen LogP contribution in [0, 0.1) is 0 Å². The molecule has 8 nitrogen and oxygen atoms in total. The first-order chi connectivity index (χ1) is 9.69. The van der Waals surface area contributed by atoms with Crippen molar-refractivity contribution in [2.24, 2.45) is 0 Å². The Bertz CT molecular complexity index is 683. The zero-order chi connectivity index (χ0) is 16.1. The predicted octanol–water partition coefficient (Wildman–Crippen LogP) is 0.260. The number of benzene rings is 1. The number of hydrogen-bond donors (Lipinski definition) is 2. The van der Waals surface area contributed by atoms with Gasteiger partial charge in [-0.25, -0.2) is 13.1 Å². The molecule has 0 aliphatic heterocycles. The lowest BCUT2D eigenvalue weighted by molar-refractivity contribution is 0.392. The third-order valence-electron chi connectivity index (χ3n) is 2.53. The van der Waals surface area contributed by atoms with Gasteiger partial charge in [0.05, 0.1) is 20.0 Å². The number of nitrogens with one attached hydrogen (secondary N) is 1. The van der Waals surface area contributed by atoms with Crippen molar-refractivity contribution in [1.82, 2.24) is 4.72 Å². The van der Waals surface area contributed by atoms with Crippen molar-refractivity contribution in [3.05, 3.63) is 18.2 Å². The van der Waals surface area contributed by atoms with E-state index in [-0.39, 0.29) is 23.6 Å². The fourth-order valence-electron chi connectivity index (χ4n) is 1.53. The van der Waals surface area contributed by atoms with Crippen LogP contribution in [-0.4, -0.2) is 47.9 Å². The van der Waals surface area contributed by atoms with Gasteiger partial charge in [-0.15, -0.1) is 0 Å². The molecule has 1 aromatic carbocycles. The van der Waals surface area contributed by atoms with Crippen LogP contribution in [0.4, 0.5) is 0 Å². The molecular weight excluding hydrogens is 322 g/mol. The molecule has 0 fully saturated rings. The van der Waals surface area contributed by atoms with Gasteiger partial charge in [-0.3, -0.25) is 4.55 Å². The zero-order valence-corrected chi connectivity index (χ0v) is 13.2. The molecule has 0 aliphatic carbocycles. The van der Waals surface area contributed by atoms with E-state index in [9.17, 15) is 16.8 Å². The quantitative estimate of drug-likeness (QED) is 0.515. The first kappa shape index (κ1) is 17.7. The molecule has 21 heavy (non-hydrogen) atoms. The average Bonchev–Trinajstić information content (AvgIpc) is 2.42. The molecule has 0 aliphatic rings. The maximum atomic E-state index is 12.1. The van der Waals surface area contributed by atoms with Gasteiger partial charge in [0.2, 0.25) is 10.0 Å². The van der Waals surface area contributed by atoms with Crippen molar-refractivity contribution in [2.75, 3.05) is 26.5 Å². The lowest BCUT2D eigenvalue weighted by Crippen LogP contribution is -2.26. The lowest BCUT2D eigenvalue weighted by atomic mass is 10.3. The zero-order valence-electron chi connectivity index (χ0n) is 11.6. The molecule has 0 aromatic heterocycles. The van der Waals surface area contributed by atoms with E-state index in [1.165, 1.54) is 26.4 Å². The first-order valence-corrected chi connectivity index (χ1v) is 8.95. The Morgan fingerprint density at radius 3 is 2.33 bits per heavy atom. The van der Waals surface area contributed by atoms with Crippen LogP contribution in [0.15, 0.2) is 23.1 Å². The summed E-state index contributed by atoms with van der Waals surface area (Å²) in [6, 6.07) is 4.30. The maximum absolute atomic E-state index is 12.1. The first-order valence-electron chi connectivity index (χ1n) is 5.86. The highest BCUT2D eigenvalue weighted by molar-refractivity contribution is 7.89. The van der Waals surface area contributed by atoms with Crippen LogP contribution in [0.3, 0.4) is 0 Å². The Morgan fingerprint density at radius 2 is 1.81 bits per heavy atom. The third-order valence-corrected chi connectivity index (χ3v) is 4.82. The van der Waals surface area contributed by atoms with Crippen LogP contribution in [0.5, 0.6) is 11.5 Å². The van der Waals surface area contributed by atoms with Gasteiger partial charge in [0.1, 0.15) is 16.4 Å². The number of sulfonamides is 1. The van der Waals surface area contributed by atoms with E-state index in [1.807, 2.05) is 0 Å². The van der Waals surface area contributed by atoms with E-state index in [4.69, 9.17) is 14.0 Å². The molecule has 0 saturated heterocycles. The number of methoxy groups -OCH3 is 2. The molecule has 0 heterocycles. The predicted molar refractivity (Wildman–Crippen MR) is 75.8 cm³/mol. The van der Waals surface area contributed by atoms with Gasteiger partial charge in [0.15, 0.2) is 0 Å². The van der Waals surface area contributed by atoms with Crippen LogP contribution < -0.4 is 14.2 Å². The van der Waals surface area contributed by atoms with Gasteiger partial charge in [-0.1, -0.05) is 0 Å². The molecule has 0 atom stereocenters. The molecule has 0 saturated carbocycles. The Morgan fingerprint density at radius 1 is 1.14 bits per heavy atom. The Balaban J connectivity index is 2.87. The number of hydrogen-bond acceptors (Lipinski definition) is 6. The van der Waals surface area contributed by atoms with Crippen molar-refractivity contribution in [2.45, 2.75) is 11.3 Å². The van der Waals surface area contributed by atoms with Gasteiger partial charge >= 0.3 is 0 Å². The standard InChI is InChI=1S/C11H17NO7S2/c1-18-9-4-5-10(19-2)11(8-9)21(16,17)12-6-3-7-20(13,14)15/h4-5,8,12H,3,6-7H2,1-2H3,(H,13,14,15). The monoisotopic (exact) mass is 339 g/mol. The minimum Gasteiger partial charge on any atom is -0.497 e. The SMILES string of the molecule is COc1ccc(OC)c(S(=O)(=O)NCCCS(=O)(=O)O)c1. The molecule has 120 valence electrons. The van der Waals surface area contributed by atoms with E-state index in [1.54, 1.807) is 6.07 Å². The summed E-state index contributed by atoms with van der Waals surface area (Å²) in [7, 11) is -5.26. The molecule has 0 unspecified atom stereocenters. The molecule has 0 spiro atoms. The van der Waals surface area contributed by atoms with Gasteiger partial charge in [-0.2, -0.15) is 8.42 Å². The van der Waals surface area contributed by atoms with Gasteiger partial charge in [0, 0.05) is 12.6 Å². The van der Waals surface area contributed by atoms with E-state index >= 15 is 0 Å². The second-order valence-electron chi connectivity index (χ2n) is 4.05. The molecule has 0 bridgehead atoms. The highest BCUT2D eigenvalue weighted by Gasteiger charge is 2.20. The van der Waals surface area contributed by atoms with E-state index in [0.29, 0.717) is 5.75 Å². The van der Waals surface area contributed by atoms with Crippen LogP contribution in [0.1, 0.15) is 6.42 Å². The maximum Gasteiger partial charge on any atom is 0.264 e. The Labute approximate surface area is 123 Å². The van der Waals surface area contributed by atoms with Gasteiger partial charge < -0.3 is 9.47 Å². The summed E-state index contributed by atoms with van der Waals surface area (Å²) in [5, 5.41) is 0. The Kier molecular flexibility index (Phi) is 5.96. The smallest absolute Gasteiger partial charge is 0.264 e. The van der Waals surface area contributed by atoms with E-state index in [0.717, 1.165) is 0 Å². The summed E-state index contributed by atoms with van der Waals surface area (Å²) < 4.78 is 66.1. The third kappa shape index (κ3) is 5.50. The van der Waals surface area contributed by atoms with Crippen molar-refractivity contribution in [1.29, 1.82) is 0 Å². The van der Waals surface area contributed by atoms with Crippen molar-refractivity contribution in [3.63, 3.8) is 0 Å². The van der Waals surface area contributed by atoms with Crippen molar-refractivity contribution in [3.8, 4) is 11.5 Å². The highest BCUT2D eigenvalue weighted by atomic mass is 32.2. The number of ether oxygens (including phenoxy) is 2. The fourth-order valence-corrected chi connectivity index (χ4v) is 3.30. The molecule has 10 heteroatoms. The minimum absolute atomic E-state index is 0.0512. The van der Waals surface area contributed by atoms with Crippen LogP contribution >= 0.6 is 0 Å². The summed E-state index contributed by atoms with van der Waals surface area (Å²) in [6.45, 7) is -0.136. The average molecular weight is 339 g/mol. The highest BCUT2D eigenvalue weighted by Crippen LogP contribution is 2.27. The summed E-state index contributed by atoms with van der Waals surface area (Å²) in [5.41, 5.74) is 0. The molecule has 1 rings (SSSR count). The second kappa shape index (κ2) is 7.07. The van der Waals surface area contributed by atoms with E-state index in [2.05, 4.69) is 4.72 Å². The van der Waals surface area contributed by atoms with Crippen molar-refractivity contribution < 1.29 is 30.9 Å². The summed E-state index contributed by atoms with van der Waals surface area (Å²) in [5.74, 6) is -0.0442. The summed E-state index contributed by atoms with van der Waals surface area (Å²) in [4.78, 5) is -0.115. The largest absolute Gasteiger partial charge is 0.497 e. The fraction of sp³-hybridized carbons (Fsp3) is 0.455. The molecule has 2 N–H and O–H groups in total. The normalized spacial score (nSPS) is 12.1. The van der Waals surface area contributed by atoms with Crippen LogP contribution in [0.25, 0.3) is 0 Å². The minimum atomic E-state index is -4.11. The molecule has 0 amide bonds. The molecule has 1 aromatic rings. The topological polar surface area (TPSA) is 119 Å². The molecule has 0 radical (unpaired) electrons. The summed E-state index contributed by atoms with van der Waals surface area (Å²) >= 11 is 0. The van der Waals surface area contributed by atoms with Crippen LogP contribution in [0.2, 0.25) is 0 Å². The van der Waals surface area contributed by atoms with E-state index < -0.39 is 25.9 Å². The number of rotatable bonds is 8. The second-order valence-corrected chi connectivity index (χ2v) is 7.36. The van der Waals surface area contributed by atoms with Crippen LogP contribution in [-0.2, 0) is 20.1 Å². The van der Waals surface area contributed by atoms with Gasteiger partial charge in [-0.05, 0) is 18.6 Å². The summed E-state index contributed by atoms with van der Waals surface area (Å²) in [6.07, 6.45) is -0.0512. The molecular formula is C11H17NO7S2. The Hall–Kier alpha value is -1.36.